The monoisotopic (exact) mass is 476 g/mol. The van der Waals surface area contributed by atoms with E-state index in [4.69, 9.17) is 4.74 Å². The second-order valence-corrected chi connectivity index (χ2v) is 11.2. The van der Waals surface area contributed by atoms with Crippen LogP contribution in [-0.4, -0.2) is 43.8 Å². The number of anilines is 1. The number of carbonyl (C=O) groups excluding carboxylic acids is 2. The van der Waals surface area contributed by atoms with Gasteiger partial charge in [-0.2, -0.15) is 4.31 Å². The van der Waals surface area contributed by atoms with Crippen LogP contribution in [0.3, 0.4) is 0 Å². The quantitative estimate of drug-likeness (QED) is 0.630. The van der Waals surface area contributed by atoms with Gasteiger partial charge in [-0.15, -0.1) is 11.3 Å². The number of piperidine rings is 1. The van der Waals surface area contributed by atoms with E-state index in [1.54, 1.807) is 11.2 Å². The minimum Gasteiger partial charge on any atom is -0.462 e. The molecule has 0 spiro atoms. The molecule has 0 saturated carbocycles. The fraction of sp³-hybridized carbons (Fsp3) is 0.478. The maximum atomic E-state index is 13.0. The lowest BCUT2D eigenvalue weighted by Crippen LogP contribution is -2.41. The summed E-state index contributed by atoms with van der Waals surface area (Å²) in [6, 6.07) is 5.96. The molecule has 172 valence electrons. The van der Waals surface area contributed by atoms with Crippen molar-refractivity contribution in [2.45, 2.75) is 63.3 Å². The molecule has 1 fully saturated rings. The summed E-state index contributed by atoms with van der Waals surface area (Å²) in [4.78, 5) is 26.7. The Balaban J connectivity index is 1.54. The number of carbonyl (C=O) groups is 2. The summed E-state index contributed by atoms with van der Waals surface area (Å²) in [6.07, 6.45) is 5.44. The summed E-state index contributed by atoms with van der Waals surface area (Å²) in [5.74, 6) is -0.801. The minimum atomic E-state index is -3.59. The van der Waals surface area contributed by atoms with Gasteiger partial charge in [0.05, 0.1) is 17.1 Å². The third-order valence-corrected chi connectivity index (χ3v) is 9.33. The molecule has 32 heavy (non-hydrogen) atoms. The summed E-state index contributed by atoms with van der Waals surface area (Å²) in [7, 11) is -3.59. The van der Waals surface area contributed by atoms with Crippen molar-refractivity contribution in [3.05, 3.63) is 45.8 Å². The molecule has 1 aromatic heterocycles. The predicted molar refractivity (Wildman–Crippen MR) is 124 cm³/mol. The molecule has 1 aliphatic carbocycles. The zero-order valence-corrected chi connectivity index (χ0v) is 20.0. The van der Waals surface area contributed by atoms with Crippen LogP contribution in [0.15, 0.2) is 29.2 Å². The Hall–Kier alpha value is -2.23. The molecular weight excluding hydrogens is 448 g/mol. The molecule has 1 saturated heterocycles. The number of fused-ring (bicyclic) bond motifs is 1. The lowest BCUT2D eigenvalue weighted by Gasteiger charge is -2.32. The summed E-state index contributed by atoms with van der Waals surface area (Å²) < 4.78 is 32.8. The Morgan fingerprint density at radius 1 is 1.16 bits per heavy atom. The van der Waals surface area contributed by atoms with Crippen molar-refractivity contribution >= 4 is 38.2 Å². The van der Waals surface area contributed by atoms with E-state index >= 15 is 0 Å². The van der Waals surface area contributed by atoms with Gasteiger partial charge in [-0.3, -0.25) is 4.79 Å². The van der Waals surface area contributed by atoms with Crippen LogP contribution >= 0.6 is 11.3 Å². The van der Waals surface area contributed by atoms with Gasteiger partial charge in [0.25, 0.3) is 5.91 Å². The summed E-state index contributed by atoms with van der Waals surface area (Å²) >= 11 is 1.42. The van der Waals surface area contributed by atoms with Gasteiger partial charge in [0, 0.05) is 23.0 Å². The van der Waals surface area contributed by atoms with Crippen LogP contribution in [0, 0.1) is 0 Å². The number of benzene rings is 1. The SMILES string of the molecule is CCOC(=O)c1c(NC(=O)c2ccc(S(=O)(=O)N3CCCCC3C)cc2)sc2c1CCC2. The highest BCUT2D eigenvalue weighted by Crippen LogP contribution is 2.39. The van der Waals surface area contributed by atoms with E-state index in [9.17, 15) is 18.0 Å². The van der Waals surface area contributed by atoms with Gasteiger partial charge in [-0.25, -0.2) is 13.2 Å². The highest BCUT2D eigenvalue weighted by molar-refractivity contribution is 7.89. The summed E-state index contributed by atoms with van der Waals surface area (Å²) in [5.41, 5.74) is 1.76. The van der Waals surface area contributed by atoms with Gasteiger partial charge in [-0.1, -0.05) is 6.42 Å². The molecule has 9 heteroatoms. The van der Waals surface area contributed by atoms with Crippen LogP contribution in [0.2, 0.25) is 0 Å². The summed E-state index contributed by atoms with van der Waals surface area (Å²) in [6.45, 7) is 4.47. The third-order valence-electron chi connectivity index (χ3n) is 6.09. The number of nitrogens with one attached hydrogen (secondary N) is 1. The molecule has 2 heterocycles. The second-order valence-electron chi connectivity index (χ2n) is 8.22. The number of thiophene rings is 1. The van der Waals surface area contributed by atoms with E-state index in [1.807, 2.05) is 6.92 Å². The zero-order chi connectivity index (χ0) is 22.9. The second kappa shape index (κ2) is 9.33. The lowest BCUT2D eigenvalue weighted by atomic mass is 10.1. The molecule has 7 nitrogen and oxygen atoms in total. The number of hydrogen-bond donors (Lipinski definition) is 1. The summed E-state index contributed by atoms with van der Waals surface area (Å²) in [5, 5.41) is 3.34. The van der Waals surface area contributed by atoms with Crippen LogP contribution in [0.1, 0.15) is 70.7 Å². The minimum absolute atomic E-state index is 0.0289. The van der Waals surface area contributed by atoms with Crippen LogP contribution in [0.25, 0.3) is 0 Å². The number of amides is 1. The molecule has 2 aliphatic rings. The molecule has 1 atom stereocenters. The Labute approximate surface area is 192 Å². The molecule has 4 rings (SSSR count). The van der Waals surface area contributed by atoms with E-state index in [1.165, 1.54) is 35.6 Å². The average Bonchev–Trinajstić information content (AvgIpc) is 3.35. The van der Waals surface area contributed by atoms with Crippen LogP contribution in [0.4, 0.5) is 5.00 Å². The molecule has 1 unspecified atom stereocenters. The van der Waals surface area contributed by atoms with E-state index in [0.717, 1.165) is 49.0 Å². The first-order chi connectivity index (χ1) is 15.3. The fourth-order valence-corrected chi connectivity index (χ4v) is 7.40. The van der Waals surface area contributed by atoms with Crippen LogP contribution in [0.5, 0.6) is 0 Å². The molecule has 1 amide bonds. The van der Waals surface area contributed by atoms with Gasteiger partial charge >= 0.3 is 5.97 Å². The van der Waals surface area contributed by atoms with Gasteiger partial charge < -0.3 is 10.1 Å². The van der Waals surface area contributed by atoms with Gasteiger partial charge in [0.15, 0.2) is 0 Å². The van der Waals surface area contributed by atoms with Crippen molar-refractivity contribution in [2.75, 3.05) is 18.5 Å². The van der Waals surface area contributed by atoms with Crippen LogP contribution in [-0.2, 0) is 27.6 Å². The molecule has 1 N–H and O–H groups in total. The Morgan fingerprint density at radius 2 is 1.91 bits per heavy atom. The third kappa shape index (κ3) is 4.33. The zero-order valence-electron chi connectivity index (χ0n) is 18.3. The van der Waals surface area contributed by atoms with Crippen molar-refractivity contribution in [2.24, 2.45) is 0 Å². The van der Waals surface area contributed by atoms with E-state index in [-0.39, 0.29) is 23.5 Å². The maximum absolute atomic E-state index is 13.0. The smallest absolute Gasteiger partial charge is 0.341 e. The van der Waals surface area contributed by atoms with Crippen molar-refractivity contribution in [1.29, 1.82) is 0 Å². The lowest BCUT2D eigenvalue weighted by molar-refractivity contribution is 0.0527. The largest absolute Gasteiger partial charge is 0.462 e. The highest BCUT2D eigenvalue weighted by atomic mass is 32.2. The van der Waals surface area contributed by atoms with Crippen molar-refractivity contribution in [1.82, 2.24) is 4.31 Å². The number of rotatable bonds is 6. The van der Waals surface area contributed by atoms with Crippen molar-refractivity contribution in [3.63, 3.8) is 0 Å². The first kappa shape index (κ1) is 22.9. The van der Waals surface area contributed by atoms with E-state index < -0.39 is 16.0 Å². The number of hydrogen-bond acceptors (Lipinski definition) is 6. The predicted octanol–water partition coefficient (Wildman–Crippen LogP) is 4.23. The standard InChI is InChI=1S/C23H28N2O5S2/c1-3-30-23(27)20-18-8-6-9-19(18)31-22(20)24-21(26)16-10-12-17(13-11-16)32(28,29)25-14-5-4-7-15(25)2/h10-13,15H,3-9,14H2,1-2H3,(H,24,26). The maximum Gasteiger partial charge on any atom is 0.341 e. The number of ether oxygens (including phenoxy) is 1. The molecule has 2 aromatic rings. The number of esters is 1. The Morgan fingerprint density at radius 3 is 2.59 bits per heavy atom. The average molecular weight is 477 g/mol. The van der Waals surface area contributed by atoms with Gasteiger partial charge in [0.1, 0.15) is 5.00 Å². The number of nitrogens with zero attached hydrogens (tertiary/aromatic N) is 1. The number of sulfonamides is 1. The highest BCUT2D eigenvalue weighted by Gasteiger charge is 2.31. The molecular formula is C23H28N2O5S2. The van der Waals surface area contributed by atoms with Crippen molar-refractivity contribution < 1.29 is 22.7 Å². The first-order valence-electron chi connectivity index (χ1n) is 11.1. The Kier molecular flexibility index (Phi) is 6.69. The van der Waals surface area contributed by atoms with Crippen molar-refractivity contribution in [3.8, 4) is 0 Å². The van der Waals surface area contributed by atoms with E-state index in [0.29, 0.717) is 22.7 Å². The topological polar surface area (TPSA) is 92.8 Å². The first-order valence-corrected chi connectivity index (χ1v) is 13.3. The van der Waals surface area contributed by atoms with Gasteiger partial charge in [0.2, 0.25) is 10.0 Å². The molecule has 0 bridgehead atoms. The molecule has 1 aliphatic heterocycles. The fourth-order valence-electron chi connectivity index (χ4n) is 4.43. The molecule has 1 aromatic carbocycles. The van der Waals surface area contributed by atoms with E-state index in [2.05, 4.69) is 5.32 Å². The van der Waals surface area contributed by atoms with Gasteiger partial charge in [-0.05, 0) is 75.8 Å². The number of aryl methyl sites for hydroxylation is 1. The molecule has 0 radical (unpaired) electrons. The normalized spacial score (nSPS) is 18.9. The Bertz CT molecular complexity index is 1120. The van der Waals surface area contributed by atoms with Crippen LogP contribution < -0.4 is 5.32 Å².